The Morgan fingerprint density at radius 3 is 2.85 bits per heavy atom. The van der Waals surface area contributed by atoms with Crippen LogP contribution in [0.3, 0.4) is 0 Å². The maximum absolute atomic E-state index is 11.8. The smallest absolute Gasteiger partial charge is 0.310 e. The highest BCUT2D eigenvalue weighted by Gasteiger charge is 2.37. The Hall–Kier alpha value is -1.69. The monoisotopic (exact) mass is 293 g/mol. The van der Waals surface area contributed by atoms with Crippen LogP contribution in [-0.2, 0) is 9.53 Å². The van der Waals surface area contributed by atoms with Crippen molar-refractivity contribution in [2.24, 2.45) is 17.6 Å². The second kappa shape index (κ2) is 5.75. The molecule has 0 spiro atoms. The molecule has 1 saturated heterocycles. The number of esters is 1. The van der Waals surface area contributed by atoms with Gasteiger partial charge in [-0.1, -0.05) is 19.1 Å². The molecule has 2 atom stereocenters. The third-order valence-corrected chi connectivity index (χ3v) is 4.01. The predicted octanol–water partition coefficient (Wildman–Crippen LogP) is 1.27. The first-order valence-corrected chi connectivity index (χ1v) is 6.94. The first kappa shape index (κ1) is 14.7. The van der Waals surface area contributed by atoms with Gasteiger partial charge < -0.3 is 15.4 Å². The van der Waals surface area contributed by atoms with Crippen LogP contribution in [0.1, 0.15) is 18.1 Å². The van der Waals surface area contributed by atoms with E-state index in [1.807, 2.05) is 19.9 Å². The van der Waals surface area contributed by atoms with E-state index in [1.54, 1.807) is 6.20 Å². The summed E-state index contributed by atoms with van der Waals surface area (Å²) < 4.78 is 4.85. The molecule has 2 unspecified atom stereocenters. The van der Waals surface area contributed by atoms with Gasteiger partial charge in [0.05, 0.1) is 18.6 Å². The van der Waals surface area contributed by atoms with E-state index in [2.05, 4.69) is 9.88 Å². The van der Waals surface area contributed by atoms with Crippen molar-refractivity contribution in [2.45, 2.75) is 13.8 Å². The Kier molecular flexibility index (Phi) is 4.23. The third-order valence-electron chi connectivity index (χ3n) is 3.80. The van der Waals surface area contributed by atoms with Crippen molar-refractivity contribution < 1.29 is 9.53 Å². The molecule has 5 nitrogen and oxygen atoms in total. The van der Waals surface area contributed by atoms with Gasteiger partial charge in [0.25, 0.3) is 0 Å². The number of aromatic nitrogens is 1. The lowest BCUT2D eigenvalue weighted by atomic mass is 9.99. The van der Waals surface area contributed by atoms with E-state index in [0.29, 0.717) is 11.5 Å². The lowest BCUT2D eigenvalue weighted by molar-refractivity contribution is -0.145. The van der Waals surface area contributed by atoms with Crippen LogP contribution in [0.2, 0.25) is 0 Å². The fourth-order valence-electron chi connectivity index (χ4n) is 2.69. The van der Waals surface area contributed by atoms with Crippen LogP contribution in [0.25, 0.3) is 0 Å². The number of carbonyl (C=O) groups excluding carboxylic acids is 1. The summed E-state index contributed by atoms with van der Waals surface area (Å²) in [4.78, 5) is 18.6. The SMILES string of the molecule is COC(=O)C1CN(c2nccc(C)c2C(N)=S)CC1C. The summed E-state index contributed by atoms with van der Waals surface area (Å²) in [7, 11) is 1.42. The van der Waals surface area contributed by atoms with E-state index in [9.17, 15) is 4.79 Å². The summed E-state index contributed by atoms with van der Waals surface area (Å²) in [5.74, 6) is 0.658. The summed E-state index contributed by atoms with van der Waals surface area (Å²) in [5.41, 5.74) is 7.60. The van der Waals surface area contributed by atoms with Crippen LogP contribution in [0.4, 0.5) is 5.82 Å². The maximum Gasteiger partial charge on any atom is 0.310 e. The first-order chi connectivity index (χ1) is 9.45. The second-order valence-corrected chi connectivity index (χ2v) is 5.64. The van der Waals surface area contributed by atoms with Crippen LogP contribution < -0.4 is 10.6 Å². The van der Waals surface area contributed by atoms with Crippen molar-refractivity contribution in [1.29, 1.82) is 0 Å². The third kappa shape index (κ3) is 2.60. The first-order valence-electron chi connectivity index (χ1n) is 6.54. The van der Waals surface area contributed by atoms with Crippen molar-refractivity contribution in [3.8, 4) is 0 Å². The van der Waals surface area contributed by atoms with E-state index in [1.165, 1.54) is 7.11 Å². The highest BCUT2D eigenvalue weighted by molar-refractivity contribution is 7.80. The number of hydrogen-bond donors (Lipinski definition) is 1. The Balaban J connectivity index is 2.33. The molecule has 1 aliphatic heterocycles. The summed E-state index contributed by atoms with van der Waals surface area (Å²) in [5, 5.41) is 0. The van der Waals surface area contributed by atoms with Gasteiger partial charge in [0, 0.05) is 19.3 Å². The zero-order valence-electron chi connectivity index (χ0n) is 11.9. The quantitative estimate of drug-likeness (QED) is 0.668. The number of anilines is 1. The van der Waals surface area contributed by atoms with E-state index < -0.39 is 0 Å². The van der Waals surface area contributed by atoms with E-state index in [0.717, 1.165) is 23.5 Å². The second-order valence-electron chi connectivity index (χ2n) is 5.20. The molecule has 1 fully saturated rings. The number of pyridine rings is 1. The molecule has 1 aromatic heterocycles. The number of carbonyl (C=O) groups is 1. The molecule has 0 aromatic carbocycles. The largest absolute Gasteiger partial charge is 0.469 e. The van der Waals surface area contributed by atoms with Crippen LogP contribution in [-0.4, -0.2) is 36.1 Å². The number of ether oxygens (including phenoxy) is 1. The van der Waals surface area contributed by atoms with Crippen molar-refractivity contribution in [3.05, 3.63) is 23.4 Å². The molecule has 108 valence electrons. The number of hydrogen-bond acceptors (Lipinski definition) is 5. The zero-order valence-corrected chi connectivity index (χ0v) is 12.7. The molecule has 6 heteroatoms. The van der Waals surface area contributed by atoms with Crippen LogP contribution >= 0.6 is 12.2 Å². The Morgan fingerprint density at radius 1 is 1.55 bits per heavy atom. The minimum atomic E-state index is -0.176. The number of aryl methyl sites for hydroxylation is 1. The molecular formula is C14H19N3O2S. The molecule has 2 heterocycles. The minimum absolute atomic E-state index is 0.137. The standard InChI is InChI=1S/C14H19N3O2S/c1-8-4-5-16-13(11(8)12(15)20)17-6-9(2)10(7-17)14(18)19-3/h4-5,9-10H,6-7H2,1-3H3,(H2,15,20). The molecule has 0 saturated carbocycles. The summed E-state index contributed by atoms with van der Waals surface area (Å²) in [6.45, 7) is 5.32. The number of nitrogens with zero attached hydrogens (tertiary/aromatic N) is 2. The lowest BCUT2D eigenvalue weighted by Gasteiger charge is -2.21. The minimum Gasteiger partial charge on any atom is -0.469 e. The normalized spacial score (nSPS) is 21.9. The molecule has 2 N–H and O–H groups in total. The average molecular weight is 293 g/mol. The van der Waals surface area contributed by atoms with Crippen molar-refractivity contribution in [3.63, 3.8) is 0 Å². The van der Waals surface area contributed by atoms with Crippen molar-refractivity contribution >= 4 is 29.0 Å². The molecule has 20 heavy (non-hydrogen) atoms. The van der Waals surface area contributed by atoms with Gasteiger partial charge in [0.1, 0.15) is 10.8 Å². The van der Waals surface area contributed by atoms with Gasteiger partial charge in [-0.15, -0.1) is 0 Å². The van der Waals surface area contributed by atoms with Gasteiger partial charge in [-0.05, 0) is 24.5 Å². The van der Waals surface area contributed by atoms with Crippen LogP contribution in [0.15, 0.2) is 12.3 Å². The highest BCUT2D eigenvalue weighted by atomic mass is 32.1. The summed E-state index contributed by atoms with van der Waals surface area (Å²) >= 11 is 5.13. The highest BCUT2D eigenvalue weighted by Crippen LogP contribution is 2.30. The number of thiocarbonyl (C=S) groups is 1. The molecule has 1 aromatic rings. The molecule has 0 bridgehead atoms. The Morgan fingerprint density at radius 2 is 2.25 bits per heavy atom. The van der Waals surface area contributed by atoms with Crippen LogP contribution in [0, 0.1) is 18.8 Å². The fourth-order valence-corrected chi connectivity index (χ4v) is 2.94. The van der Waals surface area contributed by atoms with E-state index in [-0.39, 0.29) is 17.8 Å². The van der Waals surface area contributed by atoms with Crippen molar-refractivity contribution in [2.75, 3.05) is 25.1 Å². The van der Waals surface area contributed by atoms with Gasteiger partial charge in [0.2, 0.25) is 0 Å². The number of nitrogens with two attached hydrogens (primary N) is 1. The Bertz CT molecular complexity index is 547. The summed E-state index contributed by atoms with van der Waals surface area (Å²) in [6.07, 6.45) is 1.74. The number of rotatable bonds is 3. The molecule has 0 aliphatic carbocycles. The fraction of sp³-hybridized carbons (Fsp3) is 0.500. The van der Waals surface area contributed by atoms with E-state index in [4.69, 9.17) is 22.7 Å². The van der Waals surface area contributed by atoms with Crippen LogP contribution in [0.5, 0.6) is 0 Å². The van der Waals surface area contributed by atoms with Gasteiger partial charge in [-0.25, -0.2) is 4.98 Å². The average Bonchev–Trinajstić information content (AvgIpc) is 2.79. The molecule has 0 amide bonds. The van der Waals surface area contributed by atoms with Gasteiger partial charge in [-0.3, -0.25) is 4.79 Å². The molecule has 2 rings (SSSR count). The molecular weight excluding hydrogens is 274 g/mol. The summed E-state index contributed by atoms with van der Waals surface area (Å²) in [6, 6.07) is 1.88. The lowest BCUT2D eigenvalue weighted by Crippen LogP contribution is -2.27. The Labute approximate surface area is 124 Å². The predicted molar refractivity (Wildman–Crippen MR) is 81.7 cm³/mol. The topological polar surface area (TPSA) is 68.5 Å². The van der Waals surface area contributed by atoms with E-state index >= 15 is 0 Å². The van der Waals surface area contributed by atoms with Gasteiger partial charge in [-0.2, -0.15) is 0 Å². The van der Waals surface area contributed by atoms with Gasteiger partial charge in [0.15, 0.2) is 0 Å². The molecule has 1 aliphatic rings. The molecule has 0 radical (unpaired) electrons. The maximum atomic E-state index is 11.8. The van der Waals surface area contributed by atoms with Gasteiger partial charge >= 0.3 is 5.97 Å². The zero-order chi connectivity index (χ0) is 14.9. The van der Waals surface area contributed by atoms with Crippen molar-refractivity contribution in [1.82, 2.24) is 4.98 Å². The number of methoxy groups -OCH3 is 1.